The zero-order valence-electron chi connectivity index (χ0n) is 18.2. The second kappa shape index (κ2) is 8.35. The number of carbonyl (C=O) groups excluding carboxylic acids is 1. The van der Waals surface area contributed by atoms with Crippen LogP contribution in [-0.4, -0.2) is 35.3 Å². The van der Waals surface area contributed by atoms with Crippen molar-refractivity contribution in [3.63, 3.8) is 0 Å². The Balaban J connectivity index is 1.60. The first-order valence-electron chi connectivity index (χ1n) is 9.95. The maximum absolute atomic E-state index is 14.0. The number of hydrogen-bond donors (Lipinski definition) is 1. The number of aromatic nitrogens is 6. The Kier molecular flexibility index (Phi) is 5.80. The monoisotopic (exact) mass is 495 g/mol. The van der Waals surface area contributed by atoms with E-state index in [1.165, 1.54) is 29.2 Å². The third kappa shape index (κ3) is 4.72. The van der Waals surface area contributed by atoms with E-state index in [1.807, 2.05) is 0 Å². The SMILES string of the molecule is CC(C)(C)c1cc(C(F)(F)F)n2nc(C(=O)Nc3ncn(Cc4c(F)cccc4Cl)n3)cc2n1. The molecule has 1 amide bonds. The van der Waals surface area contributed by atoms with Crippen molar-refractivity contribution >= 4 is 29.1 Å². The predicted molar refractivity (Wildman–Crippen MR) is 115 cm³/mol. The molecule has 34 heavy (non-hydrogen) atoms. The fourth-order valence-electron chi connectivity index (χ4n) is 3.11. The van der Waals surface area contributed by atoms with Gasteiger partial charge in [0, 0.05) is 22.1 Å². The fourth-order valence-corrected chi connectivity index (χ4v) is 3.33. The molecule has 0 bridgehead atoms. The molecular weight excluding hydrogens is 478 g/mol. The molecule has 0 saturated heterocycles. The Labute approximate surface area is 195 Å². The zero-order valence-corrected chi connectivity index (χ0v) is 18.9. The van der Waals surface area contributed by atoms with Gasteiger partial charge in [-0.1, -0.05) is 38.4 Å². The third-order valence-corrected chi connectivity index (χ3v) is 5.22. The van der Waals surface area contributed by atoms with Crippen LogP contribution < -0.4 is 5.32 Å². The molecule has 178 valence electrons. The minimum atomic E-state index is -4.71. The number of hydrogen-bond acceptors (Lipinski definition) is 5. The Bertz CT molecular complexity index is 1370. The number of nitrogens with one attached hydrogen (secondary N) is 1. The van der Waals surface area contributed by atoms with Gasteiger partial charge in [-0.2, -0.15) is 18.3 Å². The summed E-state index contributed by atoms with van der Waals surface area (Å²) in [5.74, 6) is -1.51. The molecule has 0 aliphatic rings. The minimum Gasteiger partial charge on any atom is -0.288 e. The summed E-state index contributed by atoms with van der Waals surface area (Å²) in [6.07, 6.45) is -3.46. The normalized spacial score (nSPS) is 12.4. The number of benzene rings is 1. The predicted octanol–water partition coefficient (Wildman–Crippen LogP) is 4.73. The van der Waals surface area contributed by atoms with Crippen molar-refractivity contribution in [1.29, 1.82) is 0 Å². The number of fused-ring (bicyclic) bond motifs is 1. The van der Waals surface area contributed by atoms with E-state index >= 15 is 0 Å². The van der Waals surface area contributed by atoms with Crippen molar-refractivity contribution in [2.24, 2.45) is 0 Å². The van der Waals surface area contributed by atoms with E-state index < -0.39 is 29.0 Å². The Hall–Kier alpha value is -3.54. The van der Waals surface area contributed by atoms with Gasteiger partial charge >= 0.3 is 6.18 Å². The lowest BCUT2D eigenvalue weighted by Gasteiger charge is -2.19. The molecule has 0 aliphatic carbocycles. The average Bonchev–Trinajstić information content (AvgIpc) is 3.35. The van der Waals surface area contributed by atoms with Crippen LogP contribution in [0, 0.1) is 5.82 Å². The molecule has 1 aromatic carbocycles. The maximum Gasteiger partial charge on any atom is 0.433 e. The third-order valence-electron chi connectivity index (χ3n) is 4.86. The van der Waals surface area contributed by atoms with Gasteiger partial charge < -0.3 is 0 Å². The highest BCUT2D eigenvalue weighted by Gasteiger charge is 2.36. The first-order chi connectivity index (χ1) is 15.8. The highest BCUT2D eigenvalue weighted by Crippen LogP contribution is 2.32. The van der Waals surface area contributed by atoms with Crippen LogP contribution in [0.2, 0.25) is 5.02 Å². The van der Waals surface area contributed by atoms with Gasteiger partial charge in [-0.25, -0.2) is 23.6 Å². The van der Waals surface area contributed by atoms with E-state index in [0.717, 1.165) is 12.1 Å². The van der Waals surface area contributed by atoms with Gasteiger partial charge in [0.2, 0.25) is 5.95 Å². The number of halogens is 5. The van der Waals surface area contributed by atoms with Gasteiger partial charge in [-0.05, 0) is 18.2 Å². The van der Waals surface area contributed by atoms with Gasteiger partial charge in [0.05, 0.1) is 12.2 Å². The second-order valence-electron chi connectivity index (χ2n) is 8.49. The van der Waals surface area contributed by atoms with E-state index in [-0.39, 0.29) is 40.1 Å². The molecule has 0 atom stereocenters. The average molecular weight is 496 g/mol. The lowest BCUT2D eigenvalue weighted by Crippen LogP contribution is -2.20. The summed E-state index contributed by atoms with van der Waals surface area (Å²) >= 11 is 6.01. The molecule has 4 rings (SSSR count). The molecule has 0 unspecified atom stereocenters. The van der Waals surface area contributed by atoms with Crippen LogP contribution in [0.3, 0.4) is 0 Å². The lowest BCUT2D eigenvalue weighted by molar-refractivity contribution is -0.142. The quantitative estimate of drug-likeness (QED) is 0.413. The molecule has 0 saturated carbocycles. The van der Waals surface area contributed by atoms with Gasteiger partial charge in [0.25, 0.3) is 5.91 Å². The summed E-state index contributed by atoms with van der Waals surface area (Å²) < 4.78 is 56.7. The van der Waals surface area contributed by atoms with Gasteiger partial charge in [-0.3, -0.25) is 10.1 Å². The van der Waals surface area contributed by atoms with Crippen molar-refractivity contribution in [3.8, 4) is 0 Å². The largest absolute Gasteiger partial charge is 0.433 e. The van der Waals surface area contributed by atoms with Crippen LogP contribution in [-0.2, 0) is 18.1 Å². The minimum absolute atomic E-state index is 0.0445. The molecule has 8 nitrogen and oxygen atoms in total. The van der Waals surface area contributed by atoms with E-state index in [1.54, 1.807) is 20.8 Å². The smallest absolute Gasteiger partial charge is 0.288 e. The summed E-state index contributed by atoms with van der Waals surface area (Å²) in [6.45, 7) is 5.14. The number of anilines is 1. The molecular formula is C21H18ClF4N7O. The standard InChI is InChI=1S/C21H18ClF4N7O/c1-20(2,3)15-8-16(21(24,25)26)33-17(28-15)7-14(30-33)18(34)29-19-27-10-32(31-19)9-11-12(22)5-4-6-13(11)23/h4-8,10H,9H2,1-3H3,(H,29,31,34). The van der Waals surface area contributed by atoms with Crippen LogP contribution in [0.25, 0.3) is 5.65 Å². The molecule has 3 heterocycles. The second-order valence-corrected chi connectivity index (χ2v) is 8.90. The van der Waals surface area contributed by atoms with Crippen LogP contribution >= 0.6 is 11.6 Å². The number of carbonyl (C=O) groups is 1. The number of amides is 1. The highest BCUT2D eigenvalue weighted by atomic mass is 35.5. The van der Waals surface area contributed by atoms with Gasteiger partial charge in [0.1, 0.15) is 17.8 Å². The number of alkyl halides is 3. The van der Waals surface area contributed by atoms with Gasteiger partial charge in [0.15, 0.2) is 11.3 Å². The van der Waals surface area contributed by atoms with E-state index in [4.69, 9.17) is 11.6 Å². The van der Waals surface area contributed by atoms with Crippen molar-refractivity contribution in [3.05, 3.63) is 70.1 Å². The molecule has 0 fully saturated rings. The molecule has 0 spiro atoms. The summed E-state index contributed by atoms with van der Waals surface area (Å²) in [5, 5.41) is 10.4. The van der Waals surface area contributed by atoms with Gasteiger partial charge in [-0.15, -0.1) is 5.10 Å². The summed E-state index contributed by atoms with van der Waals surface area (Å²) in [4.78, 5) is 20.8. The summed E-state index contributed by atoms with van der Waals surface area (Å²) in [7, 11) is 0. The number of nitrogens with zero attached hydrogens (tertiary/aromatic N) is 6. The lowest BCUT2D eigenvalue weighted by atomic mass is 9.91. The Morgan fingerprint density at radius 1 is 1.15 bits per heavy atom. The maximum atomic E-state index is 14.0. The molecule has 4 aromatic rings. The van der Waals surface area contributed by atoms with Crippen LogP contribution in [0.15, 0.2) is 36.7 Å². The Morgan fingerprint density at radius 3 is 2.53 bits per heavy atom. The number of rotatable bonds is 4. The van der Waals surface area contributed by atoms with E-state index in [2.05, 4.69) is 25.5 Å². The summed E-state index contributed by atoms with van der Waals surface area (Å²) in [6, 6.07) is 6.30. The first-order valence-corrected chi connectivity index (χ1v) is 10.3. The molecule has 13 heteroatoms. The van der Waals surface area contributed by atoms with E-state index in [9.17, 15) is 22.4 Å². The van der Waals surface area contributed by atoms with Crippen LogP contribution in [0.4, 0.5) is 23.5 Å². The van der Waals surface area contributed by atoms with E-state index in [0.29, 0.717) is 4.52 Å². The fraction of sp³-hybridized carbons (Fsp3) is 0.286. The van der Waals surface area contributed by atoms with Crippen LogP contribution in [0.5, 0.6) is 0 Å². The molecule has 0 radical (unpaired) electrons. The van der Waals surface area contributed by atoms with Crippen molar-refractivity contribution < 1.29 is 22.4 Å². The zero-order chi connectivity index (χ0) is 24.8. The molecule has 0 aliphatic heterocycles. The van der Waals surface area contributed by atoms with Crippen LogP contribution in [0.1, 0.15) is 48.2 Å². The van der Waals surface area contributed by atoms with Crippen molar-refractivity contribution in [2.45, 2.75) is 38.9 Å². The van der Waals surface area contributed by atoms with Crippen molar-refractivity contribution in [1.82, 2.24) is 29.4 Å². The Morgan fingerprint density at radius 2 is 1.88 bits per heavy atom. The van der Waals surface area contributed by atoms with Crippen molar-refractivity contribution in [2.75, 3.05) is 5.32 Å². The first kappa shape index (κ1) is 23.6. The highest BCUT2D eigenvalue weighted by molar-refractivity contribution is 6.31. The summed E-state index contributed by atoms with van der Waals surface area (Å²) in [5.41, 5.74) is -1.76. The molecule has 1 N–H and O–H groups in total. The molecule has 3 aromatic heterocycles. The topological polar surface area (TPSA) is 90.0 Å².